The number of nitrogens with one attached hydrogen (secondary N) is 2. The normalized spacial score (nSPS) is 10.8. The summed E-state index contributed by atoms with van der Waals surface area (Å²) in [6.07, 6.45) is 0.951. The van der Waals surface area contributed by atoms with E-state index in [1.807, 2.05) is 24.3 Å². The van der Waals surface area contributed by atoms with Gasteiger partial charge in [-0.25, -0.2) is 0 Å². The van der Waals surface area contributed by atoms with E-state index in [1.54, 1.807) is 31.2 Å². The highest BCUT2D eigenvalue weighted by Crippen LogP contribution is 2.17. The highest BCUT2D eigenvalue weighted by Gasteiger charge is 2.05. The Morgan fingerprint density at radius 1 is 1.17 bits per heavy atom. The second kappa shape index (κ2) is 6.89. The molecule has 0 unspecified atom stereocenters. The van der Waals surface area contributed by atoms with E-state index in [2.05, 4.69) is 10.3 Å². The molecule has 122 valence electrons. The van der Waals surface area contributed by atoms with Crippen LogP contribution in [0.1, 0.15) is 17.5 Å². The van der Waals surface area contributed by atoms with E-state index < -0.39 is 0 Å². The van der Waals surface area contributed by atoms with Crippen LogP contribution in [0.3, 0.4) is 0 Å². The summed E-state index contributed by atoms with van der Waals surface area (Å²) in [6, 6.07) is 14.8. The van der Waals surface area contributed by atoms with Crippen LogP contribution in [0.5, 0.6) is 0 Å². The molecule has 1 aromatic heterocycles. The Labute approximate surface area is 144 Å². The Balaban J connectivity index is 1.68. The number of aromatic amines is 1. The summed E-state index contributed by atoms with van der Waals surface area (Å²) in [5.74, 6) is -0.0743. The van der Waals surface area contributed by atoms with Gasteiger partial charge in [0.2, 0.25) is 5.91 Å². The predicted molar refractivity (Wildman–Crippen MR) is 97.7 cm³/mol. The third-order valence-corrected chi connectivity index (χ3v) is 4.08. The van der Waals surface area contributed by atoms with Gasteiger partial charge in [0.25, 0.3) is 5.56 Å². The molecule has 3 aromatic rings. The zero-order chi connectivity index (χ0) is 17.1. The number of anilines is 1. The van der Waals surface area contributed by atoms with E-state index in [0.29, 0.717) is 29.1 Å². The van der Waals surface area contributed by atoms with Crippen molar-refractivity contribution in [1.82, 2.24) is 4.98 Å². The van der Waals surface area contributed by atoms with Crippen molar-refractivity contribution >= 4 is 34.1 Å². The number of carbonyl (C=O) groups excluding carboxylic acids is 1. The number of aryl methyl sites for hydroxylation is 2. The average molecular weight is 341 g/mol. The molecule has 2 N–H and O–H groups in total. The van der Waals surface area contributed by atoms with Crippen LogP contribution in [-0.4, -0.2) is 10.9 Å². The topological polar surface area (TPSA) is 62.0 Å². The minimum Gasteiger partial charge on any atom is -0.326 e. The first-order valence-electron chi connectivity index (χ1n) is 7.69. The van der Waals surface area contributed by atoms with Crippen molar-refractivity contribution < 1.29 is 4.79 Å². The van der Waals surface area contributed by atoms with E-state index in [-0.39, 0.29) is 11.5 Å². The van der Waals surface area contributed by atoms with Gasteiger partial charge in [0.1, 0.15) is 0 Å². The fourth-order valence-electron chi connectivity index (χ4n) is 2.56. The van der Waals surface area contributed by atoms with Gasteiger partial charge >= 0.3 is 0 Å². The number of fused-ring (bicyclic) bond motifs is 1. The van der Waals surface area contributed by atoms with Crippen molar-refractivity contribution in [3.8, 4) is 0 Å². The Hall–Kier alpha value is -2.59. The number of benzene rings is 2. The molecular weight excluding hydrogens is 324 g/mol. The molecule has 2 aromatic carbocycles. The standard InChI is InChI=1S/C19H17ClN2O2/c1-12-9-14-7-5-13(10-17(14)22-19(12)24)6-8-18(23)21-16-4-2-3-15(20)11-16/h2-5,7,9-11H,6,8H2,1H3,(H,21,23)(H,22,24). The maximum absolute atomic E-state index is 12.0. The maximum Gasteiger partial charge on any atom is 0.251 e. The average Bonchev–Trinajstić information content (AvgIpc) is 2.54. The number of rotatable bonds is 4. The molecule has 1 heterocycles. The second-order valence-electron chi connectivity index (χ2n) is 5.76. The Kier molecular flexibility index (Phi) is 4.67. The smallest absolute Gasteiger partial charge is 0.251 e. The van der Waals surface area contributed by atoms with Crippen molar-refractivity contribution in [2.45, 2.75) is 19.8 Å². The first kappa shape index (κ1) is 16.3. The number of halogens is 1. The van der Waals surface area contributed by atoms with Gasteiger partial charge in [-0.05, 0) is 54.6 Å². The SMILES string of the molecule is Cc1cc2ccc(CCC(=O)Nc3cccc(Cl)c3)cc2[nH]c1=O. The zero-order valence-corrected chi connectivity index (χ0v) is 14.0. The van der Waals surface area contributed by atoms with Gasteiger partial charge in [-0.1, -0.05) is 29.8 Å². The number of hydrogen-bond acceptors (Lipinski definition) is 2. The zero-order valence-electron chi connectivity index (χ0n) is 13.2. The molecule has 5 heteroatoms. The third-order valence-electron chi connectivity index (χ3n) is 3.85. The van der Waals surface area contributed by atoms with Gasteiger partial charge in [0.15, 0.2) is 0 Å². The van der Waals surface area contributed by atoms with Gasteiger partial charge in [0, 0.05) is 28.2 Å². The van der Waals surface area contributed by atoms with Crippen LogP contribution in [-0.2, 0) is 11.2 Å². The van der Waals surface area contributed by atoms with Gasteiger partial charge < -0.3 is 10.3 Å². The molecule has 3 rings (SSSR count). The van der Waals surface area contributed by atoms with E-state index in [1.165, 1.54) is 0 Å². The van der Waals surface area contributed by atoms with E-state index in [4.69, 9.17) is 11.6 Å². The summed E-state index contributed by atoms with van der Waals surface area (Å²) in [5, 5.41) is 4.40. The minimum atomic E-state index is -0.0849. The van der Waals surface area contributed by atoms with Crippen molar-refractivity contribution in [2.75, 3.05) is 5.32 Å². The molecule has 0 spiro atoms. The summed E-state index contributed by atoms with van der Waals surface area (Å²) < 4.78 is 0. The van der Waals surface area contributed by atoms with Crippen LogP contribution in [0.2, 0.25) is 5.02 Å². The highest BCUT2D eigenvalue weighted by molar-refractivity contribution is 6.30. The number of hydrogen-bond donors (Lipinski definition) is 2. The second-order valence-corrected chi connectivity index (χ2v) is 6.20. The molecule has 1 amide bonds. The molecule has 0 fully saturated rings. The van der Waals surface area contributed by atoms with Crippen molar-refractivity contribution in [1.29, 1.82) is 0 Å². The van der Waals surface area contributed by atoms with Crippen LogP contribution >= 0.6 is 11.6 Å². The molecule has 24 heavy (non-hydrogen) atoms. The van der Waals surface area contributed by atoms with Crippen molar-refractivity contribution in [3.05, 3.63) is 75.0 Å². The molecule has 4 nitrogen and oxygen atoms in total. The molecule has 0 atom stereocenters. The maximum atomic E-state index is 12.0. The minimum absolute atomic E-state index is 0.0743. The van der Waals surface area contributed by atoms with E-state index in [0.717, 1.165) is 16.5 Å². The first-order valence-corrected chi connectivity index (χ1v) is 8.07. The predicted octanol–water partition coefficient (Wildman–Crippen LogP) is 4.06. The lowest BCUT2D eigenvalue weighted by molar-refractivity contribution is -0.116. The van der Waals surface area contributed by atoms with Gasteiger partial charge in [-0.15, -0.1) is 0 Å². The Bertz CT molecular complexity index is 963. The third kappa shape index (κ3) is 3.84. The van der Waals surface area contributed by atoms with E-state index in [9.17, 15) is 9.59 Å². The van der Waals surface area contributed by atoms with Crippen LogP contribution in [0.25, 0.3) is 10.9 Å². The molecule has 0 aliphatic heterocycles. The lowest BCUT2D eigenvalue weighted by Gasteiger charge is -2.07. The number of aromatic nitrogens is 1. The largest absolute Gasteiger partial charge is 0.326 e. The fraction of sp³-hybridized carbons (Fsp3) is 0.158. The molecular formula is C19H17ClN2O2. The molecule has 0 aliphatic carbocycles. The summed E-state index contributed by atoms with van der Waals surface area (Å²) in [7, 11) is 0. The van der Waals surface area contributed by atoms with Gasteiger partial charge in [0.05, 0.1) is 0 Å². The number of amides is 1. The summed E-state index contributed by atoms with van der Waals surface area (Å²) in [5.41, 5.74) is 3.09. The van der Waals surface area contributed by atoms with Gasteiger partial charge in [-0.3, -0.25) is 9.59 Å². The summed E-state index contributed by atoms with van der Waals surface area (Å²) in [6.45, 7) is 1.78. The molecule has 0 saturated carbocycles. The molecule has 0 aliphatic rings. The van der Waals surface area contributed by atoms with Crippen molar-refractivity contribution in [3.63, 3.8) is 0 Å². The molecule has 0 radical (unpaired) electrons. The number of pyridine rings is 1. The van der Waals surface area contributed by atoms with Crippen LogP contribution in [0.15, 0.2) is 53.3 Å². The number of H-pyrrole nitrogens is 1. The van der Waals surface area contributed by atoms with Crippen molar-refractivity contribution in [2.24, 2.45) is 0 Å². The molecule has 0 saturated heterocycles. The van der Waals surface area contributed by atoms with Gasteiger partial charge in [-0.2, -0.15) is 0 Å². The lowest BCUT2D eigenvalue weighted by Crippen LogP contribution is -2.12. The van der Waals surface area contributed by atoms with Crippen LogP contribution in [0, 0.1) is 6.92 Å². The summed E-state index contributed by atoms with van der Waals surface area (Å²) in [4.78, 5) is 26.6. The molecule has 0 bridgehead atoms. The lowest BCUT2D eigenvalue weighted by atomic mass is 10.1. The number of carbonyl (C=O) groups is 1. The van der Waals surface area contributed by atoms with Crippen LogP contribution in [0.4, 0.5) is 5.69 Å². The fourth-order valence-corrected chi connectivity index (χ4v) is 2.75. The Morgan fingerprint density at radius 2 is 2.00 bits per heavy atom. The quantitative estimate of drug-likeness (QED) is 0.752. The summed E-state index contributed by atoms with van der Waals surface area (Å²) >= 11 is 5.90. The van der Waals surface area contributed by atoms with Crippen LogP contribution < -0.4 is 10.9 Å². The highest BCUT2D eigenvalue weighted by atomic mass is 35.5. The Morgan fingerprint density at radius 3 is 2.79 bits per heavy atom. The first-order chi connectivity index (χ1) is 11.5. The van der Waals surface area contributed by atoms with E-state index >= 15 is 0 Å². The monoisotopic (exact) mass is 340 g/mol.